The van der Waals surface area contributed by atoms with Crippen LogP contribution >= 0.6 is 0 Å². The van der Waals surface area contributed by atoms with Gasteiger partial charge in [-0.1, -0.05) is 60.7 Å². The van der Waals surface area contributed by atoms with E-state index in [4.69, 9.17) is 9.84 Å². The van der Waals surface area contributed by atoms with Gasteiger partial charge in [-0.3, -0.25) is 0 Å². The molecule has 0 radical (unpaired) electrons. The standard InChI is InChI=1S/C26H34N2O4/c1-27(17-20-13-15-21(16-14-20)18-32-19-24(29)30)26(31)28(2)25(22-9-5-3-6-10-22)23-11-7-4-8-12-23/h3-12,20-21,25H,13-19H2,1-2H3,(H,29,30)/t20-,21-. The average molecular weight is 439 g/mol. The maximum atomic E-state index is 13.4. The van der Waals surface area contributed by atoms with Crippen LogP contribution in [0.5, 0.6) is 0 Å². The molecule has 0 bridgehead atoms. The van der Waals surface area contributed by atoms with Crippen LogP contribution in [-0.4, -0.2) is 60.8 Å². The van der Waals surface area contributed by atoms with Crippen LogP contribution in [0.3, 0.4) is 0 Å². The molecule has 0 heterocycles. The van der Waals surface area contributed by atoms with Crippen molar-refractivity contribution in [2.45, 2.75) is 31.7 Å². The zero-order valence-corrected chi connectivity index (χ0v) is 19.0. The van der Waals surface area contributed by atoms with E-state index < -0.39 is 5.97 Å². The van der Waals surface area contributed by atoms with Crippen LogP contribution in [0.2, 0.25) is 0 Å². The summed E-state index contributed by atoms with van der Waals surface area (Å²) in [5, 5.41) is 8.70. The van der Waals surface area contributed by atoms with Crippen molar-refractivity contribution in [3.8, 4) is 0 Å². The lowest BCUT2D eigenvalue weighted by Gasteiger charge is -2.35. The van der Waals surface area contributed by atoms with Crippen LogP contribution in [0.15, 0.2) is 60.7 Å². The van der Waals surface area contributed by atoms with E-state index >= 15 is 0 Å². The smallest absolute Gasteiger partial charge is 0.329 e. The van der Waals surface area contributed by atoms with E-state index in [0.29, 0.717) is 18.4 Å². The molecule has 2 amide bonds. The Balaban J connectivity index is 1.58. The third kappa shape index (κ3) is 6.57. The first-order chi connectivity index (χ1) is 15.5. The van der Waals surface area contributed by atoms with Crippen molar-refractivity contribution >= 4 is 12.0 Å². The van der Waals surface area contributed by atoms with E-state index in [1.807, 2.05) is 60.3 Å². The third-order valence-electron chi connectivity index (χ3n) is 6.32. The first kappa shape index (κ1) is 23.8. The molecule has 1 aliphatic carbocycles. The summed E-state index contributed by atoms with van der Waals surface area (Å²) >= 11 is 0. The summed E-state index contributed by atoms with van der Waals surface area (Å²) in [6.45, 7) is 1.00. The molecule has 172 valence electrons. The van der Waals surface area contributed by atoms with Crippen LogP contribution in [0.4, 0.5) is 4.79 Å². The lowest BCUT2D eigenvalue weighted by Crippen LogP contribution is -2.43. The van der Waals surface area contributed by atoms with E-state index in [0.717, 1.165) is 43.4 Å². The molecule has 0 atom stereocenters. The second-order valence-corrected chi connectivity index (χ2v) is 8.79. The number of nitrogens with zero attached hydrogens (tertiary/aromatic N) is 2. The minimum absolute atomic E-state index is 0.00891. The van der Waals surface area contributed by atoms with Crippen molar-refractivity contribution in [3.05, 3.63) is 71.8 Å². The van der Waals surface area contributed by atoms with E-state index in [9.17, 15) is 9.59 Å². The molecule has 0 spiro atoms. The molecule has 1 N–H and O–H groups in total. The number of carbonyl (C=O) groups is 2. The highest BCUT2D eigenvalue weighted by atomic mass is 16.5. The molecule has 1 fully saturated rings. The van der Waals surface area contributed by atoms with Gasteiger partial charge in [-0.05, 0) is 48.6 Å². The highest BCUT2D eigenvalue weighted by molar-refractivity contribution is 5.75. The Bertz CT molecular complexity index is 811. The fourth-order valence-electron chi connectivity index (χ4n) is 4.65. The van der Waals surface area contributed by atoms with Gasteiger partial charge in [0, 0.05) is 20.6 Å². The summed E-state index contributed by atoms with van der Waals surface area (Å²) in [5.41, 5.74) is 2.18. The normalized spacial score (nSPS) is 18.3. The highest BCUT2D eigenvalue weighted by Crippen LogP contribution is 2.31. The van der Waals surface area contributed by atoms with Crippen molar-refractivity contribution in [2.75, 3.05) is 33.9 Å². The number of benzene rings is 2. The molecule has 6 heteroatoms. The monoisotopic (exact) mass is 438 g/mol. The van der Waals surface area contributed by atoms with Crippen molar-refractivity contribution in [3.63, 3.8) is 0 Å². The van der Waals surface area contributed by atoms with Gasteiger partial charge in [-0.15, -0.1) is 0 Å². The Labute approximate surface area is 190 Å². The topological polar surface area (TPSA) is 70.1 Å². The molecule has 1 aliphatic rings. The Hall–Kier alpha value is -2.86. The first-order valence-electron chi connectivity index (χ1n) is 11.3. The SMILES string of the molecule is CN(C[C@H]1CC[C@H](COCC(=O)O)CC1)C(=O)N(C)C(c1ccccc1)c1ccccc1. The number of carboxylic acid groups (broad SMARTS) is 1. The quantitative estimate of drug-likeness (QED) is 0.618. The fraction of sp³-hybridized carbons (Fsp3) is 0.462. The number of aliphatic carboxylic acids is 1. The van der Waals surface area contributed by atoms with Crippen molar-refractivity contribution < 1.29 is 19.4 Å². The lowest BCUT2D eigenvalue weighted by molar-refractivity contribution is -0.142. The molecule has 3 rings (SSSR count). The third-order valence-corrected chi connectivity index (χ3v) is 6.32. The second-order valence-electron chi connectivity index (χ2n) is 8.79. The van der Waals surface area contributed by atoms with Crippen LogP contribution in [-0.2, 0) is 9.53 Å². The second kappa shape index (κ2) is 11.7. The minimum atomic E-state index is -0.924. The lowest BCUT2D eigenvalue weighted by atomic mass is 9.82. The molecule has 2 aromatic rings. The number of carboxylic acids is 1. The molecular formula is C26H34N2O4. The number of rotatable bonds is 9. The number of carbonyl (C=O) groups excluding carboxylic acids is 1. The van der Waals surface area contributed by atoms with Crippen molar-refractivity contribution in [1.29, 1.82) is 0 Å². The van der Waals surface area contributed by atoms with E-state index in [-0.39, 0.29) is 18.7 Å². The highest BCUT2D eigenvalue weighted by Gasteiger charge is 2.28. The number of ether oxygens (including phenoxy) is 1. The van der Waals surface area contributed by atoms with Gasteiger partial charge < -0.3 is 19.6 Å². The van der Waals surface area contributed by atoms with Crippen LogP contribution < -0.4 is 0 Å². The zero-order valence-electron chi connectivity index (χ0n) is 19.0. The summed E-state index contributed by atoms with van der Waals surface area (Å²) in [4.78, 5) is 27.6. The molecule has 0 unspecified atom stereocenters. The molecule has 1 saturated carbocycles. The van der Waals surface area contributed by atoms with Gasteiger partial charge in [0.05, 0.1) is 12.6 Å². The summed E-state index contributed by atoms with van der Waals surface area (Å²) in [6.07, 6.45) is 4.09. The van der Waals surface area contributed by atoms with Gasteiger partial charge in [-0.25, -0.2) is 9.59 Å². The number of hydrogen-bond acceptors (Lipinski definition) is 3. The summed E-state index contributed by atoms with van der Waals surface area (Å²) in [5.74, 6) is -0.0537. The molecule has 6 nitrogen and oxygen atoms in total. The predicted octanol–water partition coefficient (Wildman–Crippen LogP) is 4.67. The fourth-order valence-corrected chi connectivity index (χ4v) is 4.65. The van der Waals surface area contributed by atoms with Gasteiger partial charge in [0.1, 0.15) is 6.61 Å². The number of urea groups is 1. The predicted molar refractivity (Wildman–Crippen MR) is 124 cm³/mol. The van der Waals surface area contributed by atoms with Gasteiger partial charge >= 0.3 is 12.0 Å². The molecule has 2 aromatic carbocycles. The minimum Gasteiger partial charge on any atom is -0.480 e. The molecule has 0 saturated heterocycles. The van der Waals surface area contributed by atoms with Crippen LogP contribution in [0, 0.1) is 11.8 Å². The first-order valence-corrected chi connectivity index (χ1v) is 11.3. The Morgan fingerprint density at radius 2 is 1.41 bits per heavy atom. The van der Waals surface area contributed by atoms with Crippen LogP contribution in [0.25, 0.3) is 0 Å². The van der Waals surface area contributed by atoms with Crippen LogP contribution in [0.1, 0.15) is 42.9 Å². The van der Waals surface area contributed by atoms with E-state index in [1.165, 1.54) is 0 Å². The number of amides is 2. The van der Waals surface area contributed by atoms with Gasteiger partial charge in [-0.2, -0.15) is 0 Å². The number of hydrogen-bond donors (Lipinski definition) is 1. The van der Waals surface area contributed by atoms with Crippen molar-refractivity contribution in [2.24, 2.45) is 11.8 Å². The van der Waals surface area contributed by atoms with Crippen molar-refractivity contribution in [1.82, 2.24) is 9.80 Å². The van der Waals surface area contributed by atoms with Gasteiger partial charge in [0.25, 0.3) is 0 Å². The summed E-state index contributed by atoms with van der Waals surface area (Å²) < 4.78 is 5.26. The Morgan fingerprint density at radius 1 is 0.906 bits per heavy atom. The molecule has 0 aromatic heterocycles. The zero-order chi connectivity index (χ0) is 22.9. The summed E-state index contributed by atoms with van der Waals surface area (Å²) in [7, 11) is 3.76. The molecular weight excluding hydrogens is 404 g/mol. The van der Waals surface area contributed by atoms with E-state index in [2.05, 4.69) is 24.3 Å². The van der Waals surface area contributed by atoms with Gasteiger partial charge in [0.2, 0.25) is 0 Å². The molecule has 0 aliphatic heterocycles. The largest absolute Gasteiger partial charge is 0.480 e. The Morgan fingerprint density at radius 3 is 1.91 bits per heavy atom. The Kier molecular flexibility index (Phi) is 8.68. The molecule has 32 heavy (non-hydrogen) atoms. The average Bonchev–Trinajstić information content (AvgIpc) is 2.81. The maximum absolute atomic E-state index is 13.4. The maximum Gasteiger partial charge on any atom is 0.329 e. The van der Waals surface area contributed by atoms with E-state index in [1.54, 1.807) is 0 Å². The van der Waals surface area contributed by atoms with Gasteiger partial charge in [0.15, 0.2) is 0 Å². The summed E-state index contributed by atoms with van der Waals surface area (Å²) in [6, 6.07) is 20.1.